The predicted octanol–water partition coefficient (Wildman–Crippen LogP) is 1.48. The van der Waals surface area contributed by atoms with E-state index >= 15 is 0 Å². The predicted molar refractivity (Wildman–Crippen MR) is 78.1 cm³/mol. The van der Waals surface area contributed by atoms with Gasteiger partial charge in [0.1, 0.15) is 11.3 Å². The van der Waals surface area contributed by atoms with Crippen molar-refractivity contribution >= 4 is 17.8 Å². The van der Waals surface area contributed by atoms with Crippen LogP contribution in [0.2, 0.25) is 0 Å². The molecule has 1 aromatic carbocycles. The van der Waals surface area contributed by atoms with E-state index in [1.54, 1.807) is 24.3 Å². The fraction of sp³-hybridized carbons (Fsp3) is 0.0667. The van der Waals surface area contributed by atoms with Gasteiger partial charge in [0.2, 0.25) is 0 Å². The van der Waals surface area contributed by atoms with Gasteiger partial charge in [-0.1, -0.05) is 17.3 Å². The molecule has 1 aromatic heterocycles. The van der Waals surface area contributed by atoms with E-state index in [9.17, 15) is 9.59 Å². The maximum absolute atomic E-state index is 12.0. The highest BCUT2D eigenvalue weighted by Gasteiger charge is 2.15. The molecule has 0 aliphatic carbocycles. The van der Waals surface area contributed by atoms with E-state index in [-0.39, 0.29) is 17.1 Å². The quantitative estimate of drug-likeness (QED) is 0.229. The largest absolute Gasteiger partial charge is 0.426 e. The van der Waals surface area contributed by atoms with Gasteiger partial charge in [-0.15, -0.1) is 0 Å². The minimum atomic E-state index is -0.783. The summed E-state index contributed by atoms with van der Waals surface area (Å²) in [6.07, 6.45) is 3.07. The van der Waals surface area contributed by atoms with E-state index < -0.39 is 11.9 Å². The highest BCUT2D eigenvalue weighted by Crippen LogP contribution is 2.19. The van der Waals surface area contributed by atoms with E-state index in [2.05, 4.69) is 10.1 Å². The Morgan fingerprint density at radius 1 is 1.14 bits per heavy atom. The molecule has 22 heavy (non-hydrogen) atoms. The number of esters is 1. The van der Waals surface area contributed by atoms with Gasteiger partial charge < -0.3 is 15.3 Å². The number of hydrogen-bond donors (Lipinski definition) is 1. The zero-order valence-corrected chi connectivity index (χ0v) is 11.7. The van der Waals surface area contributed by atoms with Crippen LogP contribution in [0, 0.1) is 0 Å². The summed E-state index contributed by atoms with van der Waals surface area (Å²) in [5, 5.41) is 3.57. The summed E-state index contributed by atoms with van der Waals surface area (Å²) in [7, 11) is 0. The Bertz CT molecular complexity index is 714. The minimum Gasteiger partial charge on any atom is -0.426 e. The Kier molecular flexibility index (Phi) is 4.81. The van der Waals surface area contributed by atoms with Crippen LogP contribution in [0.1, 0.15) is 22.8 Å². The van der Waals surface area contributed by atoms with E-state index in [0.717, 1.165) is 0 Å². The van der Waals surface area contributed by atoms with Crippen molar-refractivity contribution in [3.05, 3.63) is 59.9 Å². The highest BCUT2D eigenvalue weighted by atomic mass is 16.7. The fourth-order valence-electron chi connectivity index (χ4n) is 1.59. The summed E-state index contributed by atoms with van der Waals surface area (Å²) in [4.78, 5) is 31.6. The average molecular weight is 299 g/mol. The molecule has 0 saturated heterocycles. The Balaban J connectivity index is 2.15. The van der Waals surface area contributed by atoms with Crippen LogP contribution in [0.5, 0.6) is 5.75 Å². The minimum absolute atomic E-state index is 0.0284. The van der Waals surface area contributed by atoms with Crippen molar-refractivity contribution in [2.75, 3.05) is 0 Å². The zero-order valence-electron chi connectivity index (χ0n) is 11.7. The molecule has 0 radical (unpaired) electrons. The molecule has 2 aromatic rings. The van der Waals surface area contributed by atoms with Crippen LogP contribution in [0.15, 0.2) is 53.9 Å². The van der Waals surface area contributed by atoms with Crippen molar-refractivity contribution in [3.63, 3.8) is 0 Å². The van der Waals surface area contributed by atoms with Gasteiger partial charge >= 0.3 is 11.9 Å². The first-order valence-corrected chi connectivity index (χ1v) is 6.30. The molecular formula is C15H13N3O4. The number of aromatic nitrogens is 1. The first-order valence-electron chi connectivity index (χ1n) is 6.30. The van der Waals surface area contributed by atoms with E-state index in [0.29, 0.717) is 5.56 Å². The molecule has 7 heteroatoms. The third-order valence-electron chi connectivity index (χ3n) is 2.56. The van der Waals surface area contributed by atoms with Crippen LogP contribution >= 0.6 is 0 Å². The normalized spacial score (nSPS) is 10.9. The first kappa shape index (κ1) is 15.2. The van der Waals surface area contributed by atoms with Crippen LogP contribution in [-0.4, -0.2) is 22.8 Å². The lowest BCUT2D eigenvalue weighted by Gasteiger charge is -2.06. The topological polar surface area (TPSA) is 104 Å². The monoisotopic (exact) mass is 299 g/mol. The lowest BCUT2D eigenvalue weighted by molar-refractivity contribution is -0.131. The number of nitrogens with zero attached hydrogens (tertiary/aromatic N) is 2. The number of rotatable bonds is 4. The highest BCUT2D eigenvalue weighted by molar-refractivity contribution is 5.98. The Morgan fingerprint density at radius 3 is 2.50 bits per heavy atom. The number of benzene rings is 1. The number of carbonyl (C=O) groups is 2. The van der Waals surface area contributed by atoms with Crippen molar-refractivity contribution in [2.24, 2.45) is 10.9 Å². The van der Waals surface area contributed by atoms with Crippen molar-refractivity contribution in [2.45, 2.75) is 6.92 Å². The van der Waals surface area contributed by atoms with Gasteiger partial charge in [0, 0.05) is 24.9 Å². The summed E-state index contributed by atoms with van der Waals surface area (Å²) in [6.45, 7) is 1.24. The maximum Gasteiger partial charge on any atom is 0.369 e. The van der Waals surface area contributed by atoms with E-state index in [4.69, 9.17) is 15.3 Å². The molecule has 112 valence electrons. The molecule has 0 amide bonds. The third kappa shape index (κ3) is 3.89. The SMILES string of the molecule is CC(=O)Oc1ccccc1C(=O)O/N=C(\N)c1ccncc1. The van der Waals surface area contributed by atoms with E-state index in [1.807, 2.05) is 0 Å². The molecule has 0 aliphatic heterocycles. The Morgan fingerprint density at radius 2 is 1.82 bits per heavy atom. The number of pyridine rings is 1. The average Bonchev–Trinajstić information content (AvgIpc) is 2.53. The number of carbonyl (C=O) groups excluding carboxylic acids is 2. The molecule has 0 fully saturated rings. The van der Waals surface area contributed by atoms with Gasteiger partial charge in [-0.05, 0) is 24.3 Å². The molecular weight excluding hydrogens is 286 g/mol. The van der Waals surface area contributed by atoms with Gasteiger partial charge in [0.05, 0.1) is 0 Å². The summed E-state index contributed by atoms with van der Waals surface area (Å²) in [5.41, 5.74) is 6.34. The van der Waals surface area contributed by atoms with Crippen molar-refractivity contribution in [3.8, 4) is 5.75 Å². The maximum atomic E-state index is 12.0. The lowest BCUT2D eigenvalue weighted by Crippen LogP contribution is -2.15. The molecule has 0 spiro atoms. The Hall–Kier alpha value is -3.22. The fourth-order valence-corrected chi connectivity index (χ4v) is 1.59. The number of nitrogens with two attached hydrogens (primary N) is 1. The van der Waals surface area contributed by atoms with Gasteiger partial charge in [-0.25, -0.2) is 4.79 Å². The first-order chi connectivity index (χ1) is 10.6. The molecule has 1 heterocycles. The standard InChI is InChI=1S/C15H13N3O4/c1-10(19)21-13-5-3-2-4-12(13)15(20)22-18-14(16)11-6-8-17-9-7-11/h2-9H,1H3,(H2,16,18). The number of amidine groups is 1. The van der Waals surface area contributed by atoms with Crippen molar-refractivity contribution < 1.29 is 19.2 Å². The van der Waals surface area contributed by atoms with Crippen LogP contribution in [0.4, 0.5) is 0 Å². The van der Waals surface area contributed by atoms with E-state index in [1.165, 1.54) is 31.5 Å². The lowest BCUT2D eigenvalue weighted by atomic mass is 10.2. The van der Waals surface area contributed by atoms with Crippen molar-refractivity contribution in [1.29, 1.82) is 0 Å². The second kappa shape index (κ2) is 6.98. The molecule has 0 aliphatic rings. The van der Waals surface area contributed by atoms with Crippen LogP contribution in [0.3, 0.4) is 0 Å². The number of oxime groups is 1. The molecule has 0 atom stereocenters. The van der Waals surface area contributed by atoms with Gasteiger partial charge in [-0.2, -0.15) is 0 Å². The Labute approximate surface area is 126 Å². The number of hydrogen-bond acceptors (Lipinski definition) is 6. The van der Waals surface area contributed by atoms with Crippen molar-refractivity contribution in [1.82, 2.24) is 4.98 Å². The van der Waals surface area contributed by atoms with Gasteiger partial charge in [-0.3, -0.25) is 9.78 Å². The molecule has 2 N–H and O–H groups in total. The smallest absolute Gasteiger partial charge is 0.369 e. The van der Waals surface area contributed by atoms with Gasteiger partial charge in [0.25, 0.3) is 0 Å². The van der Waals surface area contributed by atoms with Crippen LogP contribution < -0.4 is 10.5 Å². The summed E-state index contributed by atoms with van der Waals surface area (Å²) in [6, 6.07) is 9.43. The van der Waals surface area contributed by atoms with Crippen LogP contribution in [0.25, 0.3) is 0 Å². The van der Waals surface area contributed by atoms with Crippen LogP contribution in [-0.2, 0) is 9.63 Å². The zero-order chi connectivity index (χ0) is 15.9. The summed E-state index contributed by atoms with van der Waals surface area (Å²) < 4.78 is 4.93. The third-order valence-corrected chi connectivity index (χ3v) is 2.56. The second-order valence-corrected chi connectivity index (χ2v) is 4.18. The number of para-hydroxylation sites is 1. The second-order valence-electron chi connectivity index (χ2n) is 4.18. The molecule has 2 rings (SSSR count). The molecule has 7 nitrogen and oxygen atoms in total. The number of ether oxygens (including phenoxy) is 1. The summed E-state index contributed by atoms with van der Waals surface area (Å²) in [5.74, 6) is -1.20. The molecule has 0 saturated carbocycles. The molecule has 0 unspecified atom stereocenters. The molecule has 0 bridgehead atoms. The van der Waals surface area contributed by atoms with Gasteiger partial charge in [0.15, 0.2) is 5.84 Å². The summed E-state index contributed by atoms with van der Waals surface area (Å²) >= 11 is 0.